The smallest absolute Gasteiger partial charge is 0.242 e. The van der Waals surface area contributed by atoms with Crippen molar-refractivity contribution in [3.63, 3.8) is 0 Å². The third-order valence-electron chi connectivity index (χ3n) is 4.69. The predicted molar refractivity (Wildman–Crippen MR) is 102 cm³/mol. The van der Waals surface area contributed by atoms with E-state index in [9.17, 15) is 9.90 Å². The number of rotatable bonds is 5. The SMILES string of the molecule is C=C(NC(=O)C1CC(O)CN1CC1CCOCC1)SC(=N)C(C)(C)C. The summed E-state index contributed by atoms with van der Waals surface area (Å²) in [4.78, 5) is 14.7. The molecule has 0 spiro atoms. The van der Waals surface area contributed by atoms with E-state index in [0.29, 0.717) is 29.0 Å². The van der Waals surface area contributed by atoms with E-state index in [2.05, 4.69) is 16.8 Å². The molecule has 0 aromatic rings. The highest BCUT2D eigenvalue weighted by Crippen LogP contribution is 2.28. The number of likely N-dealkylation sites (tertiary alicyclic amines) is 1. The maximum atomic E-state index is 12.7. The van der Waals surface area contributed by atoms with Crippen LogP contribution in [0, 0.1) is 16.7 Å². The molecule has 2 aliphatic rings. The van der Waals surface area contributed by atoms with E-state index >= 15 is 0 Å². The molecule has 142 valence electrons. The van der Waals surface area contributed by atoms with Crippen molar-refractivity contribution in [3.8, 4) is 0 Å². The molecule has 0 bridgehead atoms. The molecule has 2 saturated heterocycles. The second kappa shape index (κ2) is 8.66. The highest BCUT2D eigenvalue weighted by Gasteiger charge is 2.37. The first-order valence-electron chi connectivity index (χ1n) is 8.93. The lowest BCUT2D eigenvalue weighted by Crippen LogP contribution is -2.45. The number of hydrogen-bond donors (Lipinski definition) is 3. The molecule has 2 unspecified atom stereocenters. The van der Waals surface area contributed by atoms with E-state index in [-0.39, 0.29) is 17.4 Å². The van der Waals surface area contributed by atoms with Crippen LogP contribution < -0.4 is 5.32 Å². The lowest BCUT2D eigenvalue weighted by Gasteiger charge is -2.30. The fourth-order valence-corrected chi connectivity index (χ4v) is 3.84. The Morgan fingerprint density at radius 2 is 2.04 bits per heavy atom. The van der Waals surface area contributed by atoms with Gasteiger partial charge in [0.1, 0.15) is 0 Å². The van der Waals surface area contributed by atoms with Crippen molar-refractivity contribution in [1.29, 1.82) is 5.41 Å². The average molecular weight is 370 g/mol. The van der Waals surface area contributed by atoms with E-state index in [0.717, 1.165) is 32.6 Å². The van der Waals surface area contributed by atoms with E-state index in [1.165, 1.54) is 11.8 Å². The summed E-state index contributed by atoms with van der Waals surface area (Å²) in [5.74, 6) is 0.379. The van der Waals surface area contributed by atoms with Gasteiger partial charge in [0.25, 0.3) is 0 Å². The molecule has 2 fully saturated rings. The maximum absolute atomic E-state index is 12.7. The van der Waals surface area contributed by atoms with Crippen LogP contribution in [0.3, 0.4) is 0 Å². The third-order valence-corrected chi connectivity index (χ3v) is 5.85. The maximum Gasteiger partial charge on any atom is 0.242 e. The van der Waals surface area contributed by atoms with Crippen molar-refractivity contribution in [2.75, 3.05) is 26.3 Å². The van der Waals surface area contributed by atoms with Crippen molar-refractivity contribution in [2.45, 2.75) is 52.2 Å². The van der Waals surface area contributed by atoms with E-state index in [1.807, 2.05) is 20.8 Å². The lowest BCUT2D eigenvalue weighted by molar-refractivity contribution is -0.124. The molecule has 0 aromatic carbocycles. The summed E-state index contributed by atoms with van der Waals surface area (Å²) in [7, 11) is 0. The van der Waals surface area contributed by atoms with Gasteiger partial charge in [0.05, 0.1) is 22.2 Å². The minimum atomic E-state index is -0.468. The van der Waals surface area contributed by atoms with Gasteiger partial charge >= 0.3 is 0 Å². The molecule has 6 nitrogen and oxygen atoms in total. The molecule has 2 heterocycles. The lowest BCUT2D eigenvalue weighted by atomic mass is 9.99. The molecule has 0 saturated carbocycles. The summed E-state index contributed by atoms with van der Waals surface area (Å²) < 4.78 is 5.39. The topological polar surface area (TPSA) is 85.7 Å². The molecule has 7 heteroatoms. The minimum Gasteiger partial charge on any atom is -0.392 e. The van der Waals surface area contributed by atoms with Gasteiger partial charge in [0, 0.05) is 31.7 Å². The van der Waals surface area contributed by atoms with Crippen LogP contribution in [0.25, 0.3) is 0 Å². The molecule has 2 atom stereocenters. The Labute approximate surface area is 154 Å². The molecule has 25 heavy (non-hydrogen) atoms. The van der Waals surface area contributed by atoms with Gasteiger partial charge in [0.2, 0.25) is 5.91 Å². The Morgan fingerprint density at radius 3 is 2.64 bits per heavy atom. The van der Waals surface area contributed by atoms with Crippen molar-refractivity contribution in [2.24, 2.45) is 11.3 Å². The summed E-state index contributed by atoms with van der Waals surface area (Å²) in [5.41, 5.74) is -0.267. The van der Waals surface area contributed by atoms with Crippen LogP contribution >= 0.6 is 11.8 Å². The van der Waals surface area contributed by atoms with Gasteiger partial charge in [-0.05, 0) is 25.2 Å². The van der Waals surface area contributed by atoms with Crippen molar-refractivity contribution < 1.29 is 14.6 Å². The highest BCUT2D eigenvalue weighted by molar-refractivity contribution is 8.17. The number of nitrogens with zero attached hydrogens (tertiary/aromatic N) is 1. The summed E-state index contributed by atoms with van der Waals surface area (Å²) in [5, 5.41) is 21.8. The molecule has 3 N–H and O–H groups in total. The predicted octanol–water partition coefficient (Wildman–Crippen LogP) is 2.19. The second-order valence-corrected chi connectivity index (χ2v) is 9.11. The molecule has 1 amide bonds. The Kier molecular flexibility index (Phi) is 7.08. The quantitative estimate of drug-likeness (QED) is 0.511. The molecule has 2 aliphatic heterocycles. The summed E-state index contributed by atoms with van der Waals surface area (Å²) >= 11 is 1.19. The van der Waals surface area contributed by atoms with Crippen LogP contribution in [-0.2, 0) is 9.53 Å². The number of nitrogens with one attached hydrogen (secondary N) is 2. The largest absolute Gasteiger partial charge is 0.392 e. The molecule has 0 aliphatic carbocycles. The van der Waals surface area contributed by atoms with E-state index in [1.54, 1.807) is 0 Å². The number of aliphatic hydroxyl groups is 1. The van der Waals surface area contributed by atoms with Gasteiger partial charge in [-0.3, -0.25) is 15.1 Å². The van der Waals surface area contributed by atoms with Crippen LogP contribution in [0.2, 0.25) is 0 Å². The van der Waals surface area contributed by atoms with Crippen LogP contribution in [0.4, 0.5) is 0 Å². The molecule has 0 aromatic heterocycles. The first kappa shape index (κ1) is 20.4. The number of hydrogen-bond acceptors (Lipinski definition) is 6. The van der Waals surface area contributed by atoms with Gasteiger partial charge < -0.3 is 15.2 Å². The summed E-state index contributed by atoms with van der Waals surface area (Å²) in [6.45, 7) is 12.7. The Hall–Kier alpha value is -0.890. The van der Waals surface area contributed by atoms with Crippen LogP contribution in [0.15, 0.2) is 11.6 Å². The molecular weight excluding hydrogens is 338 g/mol. The minimum absolute atomic E-state index is 0.136. The van der Waals surface area contributed by atoms with E-state index in [4.69, 9.17) is 10.1 Å². The van der Waals surface area contributed by atoms with Gasteiger partial charge in [-0.2, -0.15) is 0 Å². The fraction of sp³-hybridized carbons (Fsp3) is 0.778. The number of amides is 1. The molecule has 2 rings (SSSR count). The standard InChI is InChI=1S/C18H31N3O3S/c1-12(25-17(19)18(2,3)4)20-16(23)15-9-14(22)11-21(15)10-13-5-7-24-8-6-13/h13-15,19,22H,1,5-11H2,2-4H3,(H,20,23). The van der Waals surface area contributed by atoms with Crippen LogP contribution in [0.1, 0.15) is 40.0 Å². The van der Waals surface area contributed by atoms with Crippen molar-refractivity contribution >= 4 is 22.7 Å². The van der Waals surface area contributed by atoms with Gasteiger partial charge in [-0.25, -0.2) is 0 Å². The first-order chi connectivity index (χ1) is 11.7. The average Bonchev–Trinajstić information content (AvgIpc) is 2.87. The number of β-amino-alcohol motifs (C(OH)–C–C–N with tert-alkyl or cyclic N) is 1. The van der Waals surface area contributed by atoms with Gasteiger partial charge in [0.15, 0.2) is 0 Å². The number of thioether (sulfide) groups is 1. The Bertz CT molecular complexity index is 512. The second-order valence-electron chi connectivity index (χ2n) is 8.01. The first-order valence-corrected chi connectivity index (χ1v) is 9.75. The van der Waals surface area contributed by atoms with Crippen LogP contribution in [-0.4, -0.2) is 59.4 Å². The zero-order valence-electron chi connectivity index (χ0n) is 15.5. The van der Waals surface area contributed by atoms with E-state index < -0.39 is 6.10 Å². The molecular formula is C18H31N3O3S. The summed E-state index contributed by atoms with van der Waals surface area (Å²) in [6.07, 6.45) is 1.99. The highest BCUT2D eigenvalue weighted by atomic mass is 32.2. The Morgan fingerprint density at radius 1 is 1.40 bits per heavy atom. The number of aliphatic hydroxyl groups excluding tert-OH is 1. The fourth-order valence-electron chi connectivity index (χ4n) is 3.14. The van der Waals surface area contributed by atoms with Crippen molar-refractivity contribution in [1.82, 2.24) is 10.2 Å². The number of carbonyl (C=O) groups excluding carboxylic acids is 1. The monoisotopic (exact) mass is 369 g/mol. The van der Waals surface area contributed by atoms with Crippen LogP contribution in [0.5, 0.6) is 0 Å². The van der Waals surface area contributed by atoms with Gasteiger partial charge in [-0.1, -0.05) is 39.1 Å². The van der Waals surface area contributed by atoms with Gasteiger partial charge in [-0.15, -0.1) is 0 Å². The number of ether oxygens (including phenoxy) is 1. The summed E-state index contributed by atoms with van der Waals surface area (Å²) in [6, 6.07) is -0.334. The molecule has 0 radical (unpaired) electrons. The van der Waals surface area contributed by atoms with Crippen molar-refractivity contribution in [3.05, 3.63) is 11.6 Å². The zero-order chi connectivity index (χ0) is 18.6. The normalized spacial score (nSPS) is 25.8. The third kappa shape index (κ3) is 6.09. The number of carbonyl (C=O) groups is 1. The Balaban J connectivity index is 1.89. The zero-order valence-corrected chi connectivity index (χ0v) is 16.3.